The number of hydrogen-bond donors (Lipinski definition) is 2. The zero-order valence-corrected chi connectivity index (χ0v) is 13.0. The molecule has 5 heteroatoms. The maximum atomic E-state index is 12.5. The van der Waals surface area contributed by atoms with Crippen molar-refractivity contribution in [2.45, 2.75) is 19.5 Å². The quantitative estimate of drug-likeness (QED) is 0.855. The van der Waals surface area contributed by atoms with E-state index in [0.29, 0.717) is 23.8 Å². The van der Waals surface area contributed by atoms with Crippen molar-refractivity contribution in [2.75, 3.05) is 12.4 Å². The lowest BCUT2D eigenvalue weighted by Crippen LogP contribution is -2.40. The Morgan fingerprint density at radius 2 is 2.04 bits per heavy atom. The van der Waals surface area contributed by atoms with Crippen molar-refractivity contribution < 1.29 is 14.7 Å². The molecule has 5 nitrogen and oxygen atoms in total. The van der Waals surface area contributed by atoms with Gasteiger partial charge in [-0.15, -0.1) is 0 Å². The molecule has 1 unspecified atom stereocenters. The van der Waals surface area contributed by atoms with Gasteiger partial charge in [-0.3, -0.25) is 9.59 Å². The van der Waals surface area contributed by atoms with Crippen LogP contribution in [0.25, 0.3) is 0 Å². The molecule has 2 aromatic carbocycles. The van der Waals surface area contributed by atoms with Gasteiger partial charge in [-0.25, -0.2) is 0 Å². The molecule has 1 heterocycles. The zero-order valence-electron chi connectivity index (χ0n) is 13.0. The Bertz CT molecular complexity index is 786. The lowest BCUT2D eigenvalue weighted by Gasteiger charge is -2.36. The first-order chi connectivity index (χ1) is 11.1. The van der Waals surface area contributed by atoms with Crippen LogP contribution in [-0.4, -0.2) is 29.2 Å². The van der Waals surface area contributed by atoms with Gasteiger partial charge >= 0.3 is 0 Å². The van der Waals surface area contributed by atoms with Gasteiger partial charge in [0, 0.05) is 12.7 Å². The highest BCUT2D eigenvalue weighted by molar-refractivity contribution is 6.01. The van der Waals surface area contributed by atoms with Gasteiger partial charge in [0.1, 0.15) is 11.9 Å². The van der Waals surface area contributed by atoms with Gasteiger partial charge in [0.2, 0.25) is 0 Å². The third-order valence-corrected chi connectivity index (χ3v) is 4.22. The molecule has 3 rings (SSSR count). The fourth-order valence-electron chi connectivity index (χ4n) is 2.92. The van der Waals surface area contributed by atoms with Crippen molar-refractivity contribution >= 4 is 17.9 Å². The van der Waals surface area contributed by atoms with Gasteiger partial charge in [0.25, 0.3) is 5.91 Å². The van der Waals surface area contributed by atoms with E-state index in [0.717, 1.165) is 11.3 Å². The molecule has 1 aliphatic heterocycles. The lowest BCUT2D eigenvalue weighted by atomic mass is 9.98. The molecule has 2 aromatic rings. The number of anilines is 1. The average molecular weight is 310 g/mol. The summed E-state index contributed by atoms with van der Waals surface area (Å²) >= 11 is 0. The number of aromatic hydroxyl groups is 1. The predicted octanol–water partition coefficient (Wildman–Crippen LogP) is 2.96. The molecule has 0 bridgehead atoms. The van der Waals surface area contributed by atoms with Gasteiger partial charge in [0.15, 0.2) is 6.29 Å². The van der Waals surface area contributed by atoms with Crippen molar-refractivity contribution in [1.82, 2.24) is 4.90 Å². The average Bonchev–Trinajstić information content (AvgIpc) is 2.58. The molecule has 0 aromatic heterocycles. The summed E-state index contributed by atoms with van der Waals surface area (Å²) in [4.78, 5) is 25.4. The number of hydrogen-bond acceptors (Lipinski definition) is 4. The van der Waals surface area contributed by atoms with Crippen molar-refractivity contribution in [3.63, 3.8) is 0 Å². The first kappa shape index (κ1) is 15.1. The van der Waals surface area contributed by atoms with E-state index in [1.165, 1.54) is 0 Å². The van der Waals surface area contributed by atoms with Crippen LogP contribution in [0.4, 0.5) is 5.69 Å². The first-order valence-electron chi connectivity index (χ1n) is 7.50. The van der Waals surface area contributed by atoms with Crippen LogP contribution in [0.5, 0.6) is 5.75 Å². The largest absolute Gasteiger partial charge is 0.507 e. The number of phenols is 1. The van der Waals surface area contributed by atoms with Gasteiger partial charge in [-0.1, -0.05) is 19.1 Å². The fourth-order valence-corrected chi connectivity index (χ4v) is 2.92. The number of fused-ring (bicyclic) bond motifs is 1. The van der Waals surface area contributed by atoms with Crippen LogP contribution in [0.3, 0.4) is 0 Å². The minimum atomic E-state index is -0.387. The maximum absolute atomic E-state index is 12.5. The van der Waals surface area contributed by atoms with Crippen molar-refractivity contribution in [1.29, 1.82) is 0 Å². The van der Waals surface area contributed by atoms with E-state index in [1.54, 1.807) is 24.1 Å². The fraction of sp³-hybridized carbons (Fsp3) is 0.222. The number of aryl methyl sites for hydroxylation is 1. The molecule has 118 valence electrons. The molecule has 23 heavy (non-hydrogen) atoms. The first-order valence-corrected chi connectivity index (χ1v) is 7.50. The Morgan fingerprint density at radius 1 is 1.30 bits per heavy atom. The van der Waals surface area contributed by atoms with Gasteiger partial charge in [-0.05, 0) is 41.8 Å². The Balaban J connectivity index is 2.09. The summed E-state index contributed by atoms with van der Waals surface area (Å²) in [6.07, 6.45) is 0.847. The van der Waals surface area contributed by atoms with Crippen molar-refractivity contribution in [2.24, 2.45) is 0 Å². The summed E-state index contributed by atoms with van der Waals surface area (Å²) in [6.45, 7) is 1.91. The normalized spacial score (nSPS) is 16.7. The Kier molecular flexibility index (Phi) is 3.78. The highest BCUT2D eigenvalue weighted by Gasteiger charge is 2.30. The Hall–Kier alpha value is -2.82. The number of amides is 1. The number of benzene rings is 2. The summed E-state index contributed by atoms with van der Waals surface area (Å²) in [5.74, 6) is -0.0698. The molecule has 0 saturated heterocycles. The summed E-state index contributed by atoms with van der Waals surface area (Å²) in [6, 6.07) is 10.8. The molecule has 2 N–H and O–H groups in total. The maximum Gasteiger partial charge on any atom is 0.257 e. The summed E-state index contributed by atoms with van der Waals surface area (Å²) in [5.41, 5.74) is 3.08. The molecule has 1 atom stereocenters. The minimum absolute atomic E-state index is 0.0106. The van der Waals surface area contributed by atoms with Crippen LogP contribution >= 0.6 is 0 Å². The molecule has 0 spiro atoms. The second kappa shape index (κ2) is 5.76. The van der Waals surface area contributed by atoms with E-state index in [4.69, 9.17) is 0 Å². The van der Waals surface area contributed by atoms with Gasteiger partial charge in [0.05, 0.1) is 11.1 Å². The molecular formula is C18H18N2O3. The van der Waals surface area contributed by atoms with Crippen LogP contribution in [0.15, 0.2) is 36.4 Å². The lowest BCUT2D eigenvalue weighted by molar-refractivity contribution is 0.0735. The highest BCUT2D eigenvalue weighted by Crippen LogP contribution is 2.34. The summed E-state index contributed by atoms with van der Waals surface area (Å²) in [5, 5.41) is 13.4. The van der Waals surface area contributed by atoms with Crippen LogP contribution in [0.1, 0.15) is 44.9 Å². The molecule has 0 radical (unpaired) electrons. The molecule has 1 amide bonds. The SMILES string of the molecule is CCc1cc(C2Nc3ccccc3C(=O)N2C)cc(C=O)c1O. The zero-order chi connectivity index (χ0) is 16.6. The van der Waals surface area contributed by atoms with Gasteiger partial charge in [-0.2, -0.15) is 0 Å². The van der Waals surface area contributed by atoms with E-state index in [2.05, 4.69) is 5.32 Å². The number of nitrogens with zero attached hydrogens (tertiary/aromatic N) is 1. The van der Waals surface area contributed by atoms with Gasteiger partial charge < -0.3 is 15.3 Å². The highest BCUT2D eigenvalue weighted by atomic mass is 16.3. The van der Waals surface area contributed by atoms with Crippen LogP contribution in [-0.2, 0) is 6.42 Å². The molecule has 0 saturated carbocycles. The van der Waals surface area contributed by atoms with Crippen LogP contribution < -0.4 is 5.32 Å². The number of para-hydroxylation sites is 1. The second-order valence-electron chi connectivity index (χ2n) is 5.60. The third-order valence-electron chi connectivity index (χ3n) is 4.22. The number of nitrogens with one attached hydrogen (secondary N) is 1. The van der Waals surface area contributed by atoms with Crippen molar-refractivity contribution in [3.8, 4) is 5.75 Å². The number of rotatable bonds is 3. The topological polar surface area (TPSA) is 69.6 Å². The number of phenolic OH excluding ortho intramolecular Hbond substituents is 1. The summed E-state index contributed by atoms with van der Waals surface area (Å²) < 4.78 is 0. The third kappa shape index (κ3) is 2.44. The number of carbonyl (C=O) groups is 2. The summed E-state index contributed by atoms with van der Waals surface area (Å²) in [7, 11) is 1.72. The standard InChI is InChI=1S/C18H18N2O3/c1-3-11-8-12(9-13(10-21)16(11)22)17-19-15-7-5-4-6-14(15)18(23)20(17)2/h4-10,17,19,22H,3H2,1-2H3. The van der Waals surface area contributed by atoms with E-state index >= 15 is 0 Å². The molecule has 0 fully saturated rings. The Labute approximate surface area is 134 Å². The smallest absolute Gasteiger partial charge is 0.257 e. The van der Waals surface area contributed by atoms with Crippen LogP contribution in [0.2, 0.25) is 0 Å². The molecule has 1 aliphatic rings. The second-order valence-corrected chi connectivity index (χ2v) is 5.60. The predicted molar refractivity (Wildman–Crippen MR) is 87.8 cm³/mol. The van der Waals surface area contributed by atoms with E-state index in [-0.39, 0.29) is 23.4 Å². The number of aldehydes is 1. The Morgan fingerprint density at radius 3 is 2.74 bits per heavy atom. The van der Waals surface area contributed by atoms with E-state index < -0.39 is 0 Å². The molecular weight excluding hydrogens is 292 g/mol. The minimum Gasteiger partial charge on any atom is -0.507 e. The van der Waals surface area contributed by atoms with Crippen LogP contribution in [0, 0.1) is 0 Å². The molecule has 0 aliphatic carbocycles. The van der Waals surface area contributed by atoms with Crippen molar-refractivity contribution in [3.05, 3.63) is 58.7 Å². The monoisotopic (exact) mass is 310 g/mol. The van der Waals surface area contributed by atoms with E-state index in [1.807, 2.05) is 31.2 Å². The van der Waals surface area contributed by atoms with E-state index in [9.17, 15) is 14.7 Å². The number of carbonyl (C=O) groups excluding carboxylic acids is 2.